The van der Waals surface area contributed by atoms with Gasteiger partial charge >= 0.3 is 0 Å². The molecule has 0 atom stereocenters. The van der Waals surface area contributed by atoms with E-state index < -0.39 is 0 Å². The second-order valence-electron chi connectivity index (χ2n) is 5.54. The summed E-state index contributed by atoms with van der Waals surface area (Å²) in [6.45, 7) is 3.59. The second-order valence-corrected chi connectivity index (χ2v) is 5.54. The van der Waals surface area contributed by atoms with Gasteiger partial charge in [0.2, 0.25) is 5.95 Å². The molecular formula is C16H17FN6O. The molecule has 0 aliphatic heterocycles. The molecule has 0 saturated carbocycles. The lowest BCUT2D eigenvalue weighted by Gasteiger charge is -2.01. The van der Waals surface area contributed by atoms with Crippen molar-refractivity contribution in [1.82, 2.24) is 25.0 Å². The van der Waals surface area contributed by atoms with Gasteiger partial charge in [-0.25, -0.2) is 4.39 Å². The summed E-state index contributed by atoms with van der Waals surface area (Å²) >= 11 is 0. The molecular weight excluding hydrogens is 311 g/mol. The maximum atomic E-state index is 13.2. The molecule has 2 N–H and O–H groups in total. The van der Waals surface area contributed by atoms with Crippen LogP contribution < -0.4 is 5.32 Å². The Balaban J connectivity index is 1.73. The molecule has 0 radical (unpaired) electrons. The summed E-state index contributed by atoms with van der Waals surface area (Å²) in [5.41, 5.74) is 2.68. The fourth-order valence-electron chi connectivity index (χ4n) is 2.54. The molecule has 8 heteroatoms. The highest BCUT2D eigenvalue weighted by Gasteiger charge is 2.18. The van der Waals surface area contributed by atoms with Gasteiger partial charge in [-0.3, -0.25) is 19.9 Å². The summed E-state index contributed by atoms with van der Waals surface area (Å²) in [4.78, 5) is 16.6. The van der Waals surface area contributed by atoms with Crippen LogP contribution in [-0.2, 0) is 13.5 Å². The number of anilines is 1. The monoisotopic (exact) mass is 328 g/mol. The van der Waals surface area contributed by atoms with E-state index in [9.17, 15) is 9.18 Å². The van der Waals surface area contributed by atoms with E-state index >= 15 is 0 Å². The molecule has 0 aliphatic carbocycles. The van der Waals surface area contributed by atoms with Crippen molar-refractivity contribution in [2.45, 2.75) is 20.3 Å². The van der Waals surface area contributed by atoms with Crippen LogP contribution in [0.25, 0.3) is 0 Å². The van der Waals surface area contributed by atoms with E-state index in [4.69, 9.17) is 0 Å². The average molecular weight is 328 g/mol. The van der Waals surface area contributed by atoms with E-state index in [0.717, 1.165) is 11.3 Å². The largest absolute Gasteiger partial charge is 0.289 e. The summed E-state index contributed by atoms with van der Waals surface area (Å²) in [5, 5.41) is 13.6. The average Bonchev–Trinajstić information content (AvgIpc) is 3.04. The van der Waals surface area contributed by atoms with Crippen molar-refractivity contribution >= 4 is 11.9 Å². The van der Waals surface area contributed by atoms with Gasteiger partial charge in [0.05, 0.1) is 11.3 Å². The molecule has 0 aliphatic rings. The van der Waals surface area contributed by atoms with Crippen LogP contribution in [0, 0.1) is 19.7 Å². The molecule has 0 fully saturated rings. The van der Waals surface area contributed by atoms with Crippen molar-refractivity contribution in [2.75, 3.05) is 5.32 Å². The van der Waals surface area contributed by atoms with Crippen LogP contribution in [0.5, 0.6) is 0 Å². The third kappa shape index (κ3) is 3.17. The van der Waals surface area contributed by atoms with Crippen LogP contribution in [0.3, 0.4) is 0 Å². The maximum Gasteiger partial charge on any atom is 0.261 e. The summed E-state index contributed by atoms with van der Waals surface area (Å²) in [6.07, 6.45) is 0.394. The lowest BCUT2D eigenvalue weighted by molar-refractivity contribution is 0.102. The van der Waals surface area contributed by atoms with Gasteiger partial charge in [0, 0.05) is 19.2 Å². The highest BCUT2D eigenvalue weighted by atomic mass is 19.1. The Hall–Kier alpha value is -3.03. The van der Waals surface area contributed by atoms with Crippen LogP contribution in [0.2, 0.25) is 0 Å². The summed E-state index contributed by atoms with van der Waals surface area (Å²) in [6, 6.07) is 6.25. The molecule has 3 rings (SSSR count). The van der Waals surface area contributed by atoms with Crippen molar-refractivity contribution in [3.05, 3.63) is 58.4 Å². The van der Waals surface area contributed by atoms with Gasteiger partial charge in [-0.15, -0.1) is 5.10 Å². The summed E-state index contributed by atoms with van der Waals surface area (Å²) in [5.74, 6) is 0.0991. The molecule has 3 aromatic rings. The molecule has 0 bridgehead atoms. The van der Waals surface area contributed by atoms with E-state index in [1.807, 2.05) is 6.92 Å². The Labute approximate surface area is 137 Å². The van der Waals surface area contributed by atoms with Crippen LogP contribution in [0.15, 0.2) is 24.3 Å². The molecule has 24 heavy (non-hydrogen) atoms. The number of aromatic amines is 1. The van der Waals surface area contributed by atoms with E-state index in [2.05, 4.69) is 25.6 Å². The van der Waals surface area contributed by atoms with Gasteiger partial charge in [0.15, 0.2) is 0 Å². The summed E-state index contributed by atoms with van der Waals surface area (Å²) < 4.78 is 14.9. The quantitative estimate of drug-likeness (QED) is 0.768. The molecule has 7 nitrogen and oxygen atoms in total. The first kappa shape index (κ1) is 15.9. The Morgan fingerprint density at radius 3 is 2.83 bits per heavy atom. The zero-order chi connectivity index (χ0) is 17.3. The Bertz CT molecular complexity index is 898. The van der Waals surface area contributed by atoms with Gasteiger partial charge in [0.25, 0.3) is 5.91 Å². The number of carbonyl (C=O) groups is 1. The van der Waals surface area contributed by atoms with E-state index in [1.165, 1.54) is 12.1 Å². The number of halogens is 1. The lowest BCUT2D eigenvalue weighted by Crippen LogP contribution is -2.15. The molecule has 1 aromatic carbocycles. The van der Waals surface area contributed by atoms with Crippen LogP contribution >= 0.6 is 0 Å². The number of nitrogens with zero attached hydrogens (tertiary/aromatic N) is 4. The number of rotatable bonds is 4. The number of H-pyrrole nitrogens is 1. The Morgan fingerprint density at radius 1 is 1.38 bits per heavy atom. The first-order valence-corrected chi connectivity index (χ1v) is 7.41. The van der Waals surface area contributed by atoms with E-state index in [1.54, 1.807) is 30.8 Å². The molecule has 0 spiro atoms. The number of hydrogen-bond acceptors (Lipinski definition) is 4. The molecule has 124 valence electrons. The van der Waals surface area contributed by atoms with Crippen LogP contribution in [-0.4, -0.2) is 30.9 Å². The van der Waals surface area contributed by atoms with Crippen molar-refractivity contribution in [2.24, 2.45) is 7.05 Å². The Kier molecular flexibility index (Phi) is 4.11. The van der Waals surface area contributed by atoms with E-state index in [0.29, 0.717) is 23.5 Å². The fourth-order valence-corrected chi connectivity index (χ4v) is 2.54. The normalized spacial score (nSPS) is 10.8. The second kappa shape index (κ2) is 6.23. The highest BCUT2D eigenvalue weighted by molar-refractivity contribution is 6.04. The SMILES string of the molecule is Cc1nn(C)c(C)c1C(=O)Nc1n[nH]c(Cc2cccc(F)c2)n1. The highest BCUT2D eigenvalue weighted by Crippen LogP contribution is 2.14. The van der Waals surface area contributed by atoms with Gasteiger partial charge in [-0.1, -0.05) is 12.1 Å². The number of amides is 1. The predicted molar refractivity (Wildman–Crippen MR) is 86.2 cm³/mol. The number of benzene rings is 1. The topological polar surface area (TPSA) is 88.5 Å². The van der Waals surface area contributed by atoms with Crippen molar-refractivity contribution in [3.63, 3.8) is 0 Å². The fraction of sp³-hybridized carbons (Fsp3) is 0.250. The molecule has 0 unspecified atom stereocenters. The number of hydrogen-bond donors (Lipinski definition) is 2. The minimum Gasteiger partial charge on any atom is -0.289 e. The standard InChI is InChI=1S/C16H17FN6O/c1-9-14(10(2)23(3)22-9)15(24)19-16-18-13(20-21-16)8-11-5-4-6-12(17)7-11/h4-7H,8H2,1-3H3,(H2,18,19,20,21,24). The van der Waals surface area contributed by atoms with Gasteiger partial charge in [-0.05, 0) is 31.5 Å². The summed E-state index contributed by atoms with van der Waals surface area (Å²) in [7, 11) is 1.78. The minimum absolute atomic E-state index is 0.175. The minimum atomic E-state index is -0.311. The zero-order valence-electron chi connectivity index (χ0n) is 13.6. The maximum absolute atomic E-state index is 13.2. The third-order valence-corrected chi connectivity index (χ3v) is 3.75. The number of aromatic nitrogens is 5. The molecule has 2 heterocycles. The first-order valence-electron chi connectivity index (χ1n) is 7.41. The zero-order valence-corrected chi connectivity index (χ0v) is 13.6. The van der Waals surface area contributed by atoms with Crippen molar-refractivity contribution in [1.29, 1.82) is 0 Å². The lowest BCUT2D eigenvalue weighted by atomic mass is 10.1. The number of aryl methyl sites for hydroxylation is 2. The van der Waals surface area contributed by atoms with Crippen molar-refractivity contribution < 1.29 is 9.18 Å². The molecule has 1 amide bonds. The first-order chi connectivity index (χ1) is 11.4. The van der Waals surface area contributed by atoms with E-state index in [-0.39, 0.29) is 17.7 Å². The smallest absolute Gasteiger partial charge is 0.261 e. The van der Waals surface area contributed by atoms with Gasteiger partial charge < -0.3 is 0 Å². The molecule has 0 saturated heterocycles. The Morgan fingerprint density at radius 2 is 2.17 bits per heavy atom. The third-order valence-electron chi connectivity index (χ3n) is 3.75. The van der Waals surface area contributed by atoms with Crippen LogP contribution in [0.4, 0.5) is 10.3 Å². The molecule has 2 aromatic heterocycles. The predicted octanol–water partition coefficient (Wildman–Crippen LogP) is 2.14. The number of nitrogens with one attached hydrogen (secondary N) is 2. The van der Waals surface area contributed by atoms with Crippen LogP contribution in [0.1, 0.15) is 33.1 Å². The number of carbonyl (C=O) groups excluding carboxylic acids is 1. The van der Waals surface area contributed by atoms with Gasteiger partial charge in [-0.2, -0.15) is 10.1 Å². The van der Waals surface area contributed by atoms with Gasteiger partial charge in [0.1, 0.15) is 11.6 Å². The van der Waals surface area contributed by atoms with Crippen molar-refractivity contribution in [3.8, 4) is 0 Å².